The normalized spacial score (nSPS) is 11.9. The molecule has 0 radical (unpaired) electrons. The zero-order valence-electron chi connectivity index (χ0n) is 10.6. The minimum absolute atomic E-state index is 0.448. The molecule has 3 amide bonds. The zero-order chi connectivity index (χ0) is 13.5. The molecule has 0 saturated heterocycles. The van der Waals surface area contributed by atoms with Gasteiger partial charge in [0, 0.05) is 12.7 Å². The number of hydrogen-bond acceptors (Lipinski definition) is 4. The largest absolute Gasteiger partial charge is 0.351 e. The van der Waals surface area contributed by atoms with Crippen LogP contribution in [0.2, 0.25) is 0 Å². The van der Waals surface area contributed by atoms with Crippen molar-refractivity contribution in [2.75, 3.05) is 0 Å². The van der Waals surface area contributed by atoms with E-state index in [0.29, 0.717) is 6.54 Å². The smallest absolute Gasteiger partial charge is 0.318 e. The van der Waals surface area contributed by atoms with Crippen LogP contribution in [0.25, 0.3) is 0 Å². The molecule has 6 nitrogen and oxygen atoms in total. The molecule has 0 fully saturated rings. The first kappa shape index (κ1) is 14.1. The summed E-state index contributed by atoms with van der Waals surface area (Å²) in [7, 11) is 0. The van der Waals surface area contributed by atoms with E-state index in [9.17, 15) is 9.59 Å². The second-order valence-corrected chi connectivity index (χ2v) is 3.92. The second kappa shape index (κ2) is 6.70. The van der Waals surface area contributed by atoms with E-state index >= 15 is 0 Å². The summed E-state index contributed by atoms with van der Waals surface area (Å²) >= 11 is 0. The molecule has 0 aliphatic heterocycles. The summed E-state index contributed by atoms with van der Waals surface area (Å²) in [5, 5.41) is 5.02. The maximum absolute atomic E-state index is 11.4. The lowest BCUT2D eigenvalue weighted by Crippen LogP contribution is -2.46. The Balaban J connectivity index is 2.54. The zero-order valence-corrected chi connectivity index (χ0v) is 10.6. The number of urea groups is 1. The summed E-state index contributed by atoms with van der Waals surface area (Å²) in [4.78, 5) is 26.2. The first-order chi connectivity index (χ1) is 8.54. The Morgan fingerprint density at radius 3 is 2.83 bits per heavy atom. The van der Waals surface area contributed by atoms with Gasteiger partial charge in [0.15, 0.2) is 0 Å². The Morgan fingerprint density at radius 2 is 2.22 bits per heavy atom. The summed E-state index contributed by atoms with van der Waals surface area (Å²) < 4.78 is 0. The van der Waals surface area contributed by atoms with Crippen molar-refractivity contribution >= 4 is 11.9 Å². The van der Waals surface area contributed by atoms with Crippen LogP contribution in [-0.4, -0.2) is 23.0 Å². The molecule has 0 bridgehead atoms. The number of pyridine rings is 1. The van der Waals surface area contributed by atoms with Crippen molar-refractivity contribution in [1.29, 1.82) is 0 Å². The lowest BCUT2D eigenvalue weighted by Gasteiger charge is -2.13. The van der Waals surface area contributed by atoms with Gasteiger partial charge in [-0.3, -0.25) is 15.1 Å². The summed E-state index contributed by atoms with van der Waals surface area (Å²) in [6.45, 7) is 4.17. The van der Waals surface area contributed by atoms with Gasteiger partial charge in [0.2, 0.25) is 5.91 Å². The van der Waals surface area contributed by atoms with Crippen LogP contribution in [0.5, 0.6) is 0 Å². The van der Waals surface area contributed by atoms with E-state index in [1.54, 1.807) is 13.1 Å². The Morgan fingerprint density at radius 1 is 1.50 bits per heavy atom. The molecule has 0 aliphatic rings. The van der Waals surface area contributed by atoms with Crippen molar-refractivity contribution in [2.45, 2.75) is 32.9 Å². The van der Waals surface area contributed by atoms with Crippen LogP contribution in [0, 0.1) is 0 Å². The van der Waals surface area contributed by atoms with Crippen LogP contribution in [0.15, 0.2) is 18.3 Å². The maximum Gasteiger partial charge on any atom is 0.318 e. The summed E-state index contributed by atoms with van der Waals surface area (Å²) in [6, 6.07) is 2.52. The predicted molar refractivity (Wildman–Crippen MR) is 67.6 cm³/mol. The Kier molecular flexibility index (Phi) is 5.26. The summed E-state index contributed by atoms with van der Waals surface area (Å²) in [5.41, 5.74) is 6.91. The standard InChI is InChI=1S/C12H18N4O2/c1-3-9-5-4-6-14-10(9)7-15-8(2)11(17)16-12(13)18/h4-6,8,15H,3,7H2,1-2H3,(H3,13,16,17,18). The topological polar surface area (TPSA) is 97.1 Å². The fraction of sp³-hybridized carbons (Fsp3) is 0.417. The first-order valence-corrected chi connectivity index (χ1v) is 5.81. The molecule has 18 heavy (non-hydrogen) atoms. The minimum Gasteiger partial charge on any atom is -0.351 e. The molecule has 1 aromatic heterocycles. The van der Waals surface area contributed by atoms with Gasteiger partial charge in [-0.15, -0.1) is 0 Å². The predicted octanol–water partition coefficient (Wildman–Crippen LogP) is 0.317. The number of nitrogens with one attached hydrogen (secondary N) is 2. The monoisotopic (exact) mass is 250 g/mol. The molecule has 0 saturated carbocycles. The van der Waals surface area contributed by atoms with Gasteiger partial charge in [0.05, 0.1) is 11.7 Å². The molecule has 0 aromatic carbocycles. The molecule has 1 aromatic rings. The fourth-order valence-electron chi connectivity index (χ4n) is 1.52. The summed E-state index contributed by atoms with van der Waals surface area (Å²) in [6.07, 6.45) is 2.59. The molecule has 1 unspecified atom stereocenters. The van der Waals surface area contributed by atoms with Gasteiger partial charge < -0.3 is 11.1 Å². The Hall–Kier alpha value is -1.95. The van der Waals surface area contributed by atoms with Crippen molar-refractivity contribution in [2.24, 2.45) is 5.73 Å². The van der Waals surface area contributed by atoms with Crippen molar-refractivity contribution in [3.8, 4) is 0 Å². The van der Waals surface area contributed by atoms with Gasteiger partial charge in [-0.25, -0.2) is 4.79 Å². The SMILES string of the molecule is CCc1cccnc1CNC(C)C(=O)NC(N)=O. The van der Waals surface area contributed by atoms with Crippen LogP contribution in [0.3, 0.4) is 0 Å². The molecule has 1 heterocycles. The molecule has 0 aliphatic carbocycles. The molecular weight excluding hydrogens is 232 g/mol. The highest BCUT2D eigenvalue weighted by Crippen LogP contribution is 2.05. The number of aryl methyl sites for hydroxylation is 1. The number of nitrogens with zero attached hydrogens (tertiary/aromatic N) is 1. The number of nitrogens with two attached hydrogens (primary N) is 1. The number of amides is 3. The van der Waals surface area contributed by atoms with E-state index in [2.05, 4.69) is 10.3 Å². The van der Waals surface area contributed by atoms with E-state index in [0.717, 1.165) is 17.7 Å². The average Bonchev–Trinajstić information content (AvgIpc) is 2.35. The van der Waals surface area contributed by atoms with E-state index in [1.165, 1.54) is 0 Å². The number of primary amides is 1. The van der Waals surface area contributed by atoms with E-state index in [1.807, 2.05) is 24.4 Å². The number of hydrogen-bond donors (Lipinski definition) is 3. The van der Waals surface area contributed by atoms with Crippen molar-refractivity contribution in [3.05, 3.63) is 29.6 Å². The maximum atomic E-state index is 11.4. The van der Waals surface area contributed by atoms with E-state index < -0.39 is 18.0 Å². The van der Waals surface area contributed by atoms with E-state index in [4.69, 9.17) is 5.73 Å². The molecule has 0 spiro atoms. The van der Waals surface area contributed by atoms with Gasteiger partial charge in [-0.1, -0.05) is 13.0 Å². The molecular formula is C12H18N4O2. The van der Waals surface area contributed by atoms with E-state index in [-0.39, 0.29) is 0 Å². The highest BCUT2D eigenvalue weighted by molar-refractivity contribution is 5.96. The average molecular weight is 250 g/mol. The van der Waals surface area contributed by atoms with Gasteiger partial charge in [-0.2, -0.15) is 0 Å². The van der Waals surface area contributed by atoms with Gasteiger partial charge in [0.25, 0.3) is 0 Å². The molecule has 1 atom stereocenters. The molecule has 98 valence electrons. The minimum atomic E-state index is -0.847. The number of rotatable bonds is 5. The molecule has 4 N–H and O–H groups in total. The fourth-order valence-corrected chi connectivity index (χ4v) is 1.52. The van der Waals surface area contributed by atoms with Crippen LogP contribution in [0.4, 0.5) is 4.79 Å². The number of carbonyl (C=O) groups is 2. The van der Waals surface area contributed by atoms with Crippen LogP contribution in [0.1, 0.15) is 25.1 Å². The van der Waals surface area contributed by atoms with Crippen molar-refractivity contribution in [3.63, 3.8) is 0 Å². The first-order valence-electron chi connectivity index (χ1n) is 5.81. The van der Waals surface area contributed by atoms with Crippen molar-refractivity contribution in [1.82, 2.24) is 15.6 Å². The highest BCUT2D eigenvalue weighted by atomic mass is 16.2. The molecule has 6 heteroatoms. The number of imide groups is 1. The van der Waals surface area contributed by atoms with Crippen LogP contribution >= 0.6 is 0 Å². The Bertz CT molecular complexity index is 434. The third kappa shape index (κ3) is 4.14. The number of aromatic nitrogens is 1. The lowest BCUT2D eigenvalue weighted by atomic mass is 10.1. The quantitative estimate of drug-likeness (QED) is 0.701. The van der Waals surface area contributed by atoms with Gasteiger partial charge in [0.1, 0.15) is 0 Å². The second-order valence-electron chi connectivity index (χ2n) is 3.92. The van der Waals surface area contributed by atoms with Crippen LogP contribution < -0.4 is 16.4 Å². The third-order valence-corrected chi connectivity index (χ3v) is 2.58. The summed E-state index contributed by atoms with van der Waals surface area (Å²) in [5.74, 6) is -0.448. The molecule has 1 rings (SSSR count). The third-order valence-electron chi connectivity index (χ3n) is 2.58. The Labute approximate surface area is 106 Å². The number of carbonyl (C=O) groups excluding carboxylic acids is 2. The highest BCUT2D eigenvalue weighted by Gasteiger charge is 2.14. The van der Waals surface area contributed by atoms with Crippen molar-refractivity contribution < 1.29 is 9.59 Å². The van der Waals surface area contributed by atoms with Gasteiger partial charge in [-0.05, 0) is 25.0 Å². The van der Waals surface area contributed by atoms with Crippen LogP contribution in [-0.2, 0) is 17.8 Å². The van der Waals surface area contributed by atoms with Gasteiger partial charge >= 0.3 is 6.03 Å². The lowest BCUT2D eigenvalue weighted by molar-refractivity contribution is -0.121.